The molecule has 10 heteroatoms. The number of benzene rings is 4. The van der Waals surface area contributed by atoms with Gasteiger partial charge >= 0.3 is 0 Å². The van der Waals surface area contributed by atoms with Crippen LogP contribution in [0.2, 0.25) is 0 Å². The minimum Gasteiger partial charge on any atom is -0.379 e. The van der Waals surface area contributed by atoms with Gasteiger partial charge in [-0.2, -0.15) is 15.0 Å². The highest BCUT2D eigenvalue weighted by Crippen LogP contribution is 2.27. The maximum atomic E-state index is 5.50. The van der Waals surface area contributed by atoms with Gasteiger partial charge < -0.3 is 9.47 Å². The molecule has 0 spiro atoms. The van der Waals surface area contributed by atoms with Crippen LogP contribution in [0.5, 0.6) is 0 Å². The fraction of sp³-hybridized carbons (Fsp3) is 0.294. The molecule has 0 saturated carbocycles. The molecule has 8 rings (SSSR count). The Bertz CT molecular complexity index is 1720. The summed E-state index contributed by atoms with van der Waals surface area (Å²) in [6.45, 7) is 6.59. The second-order valence-corrected chi connectivity index (χ2v) is 10.9. The predicted octanol–water partition coefficient (Wildman–Crippen LogP) is 4.62. The second-order valence-electron chi connectivity index (χ2n) is 10.9. The largest absolute Gasteiger partial charge is 0.379 e. The quantitative estimate of drug-likeness (QED) is 0.279. The van der Waals surface area contributed by atoms with Gasteiger partial charge in [-0.15, -0.1) is 5.10 Å². The molecule has 4 heterocycles. The molecular weight excluding hydrogens is 552 g/mol. The Kier molecular flexibility index (Phi) is 8.64. The highest BCUT2D eigenvalue weighted by atomic mass is 16.5. The SMILES string of the molecule is c1ccc(C(N2CCOCC2)n2nc3ccccc3n2)cc1.c1ccc(C(N2CCOCC2)n2nnc3ccccc32)cc1. The molecule has 2 fully saturated rings. The van der Waals surface area contributed by atoms with Gasteiger partial charge in [-0.3, -0.25) is 9.80 Å². The Morgan fingerprint density at radius 3 is 1.52 bits per heavy atom. The van der Waals surface area contributed by atoms with Crippen LogP contribution in [0, 0.1) is 0 Å². The molecule has 4 aromatic carbocycles. The van der Waals surface area contributed by atoms with E-state index in [-0.39, 0.29) is 12.3 Å². The Hall–Kier alpha value is -4.48. The first-order chi connectivity index (χ1) is 21.8. The molecule has 2 aliphatic heterocycles. The van der Waals surface area contributed by atoms with E-state index in [0.717, 1.165) is 74.7 Å². The van der Waals surface area contributed by atoms with Gasteiger partial charge in [0.2, 0.25) is 0 Å². The number of para-hydroxylation sites is 1. The van der Waals surface area contributed by atoms with Gasteiger partial charge in [0.25, 0.3) is 0 Å². The van der Waals surface area contributed by atoms with Gasteiger partial charge in [-0.25, -0.2) is 4.68 Å². The predicted molar refractivity (Wildman–Crippen MR) is 169 cm³/mol. The van der Waals surface area contributed by atoms with Crippen LogP contribution in [0.4, 0.5) is 0 Å². The summed E-state index contributed by atoms with van der Waals surface area (Å²) in [5, 5.41) is 18.1. The van der Waals surface area contributed by atoms with Gasteiger partial charge in [0.05, 0.1) is 31.9 Å². The number of hydrogen-bond donors (Lipinski definition) is 0. The van der Waals surface area contributed by atoms with Crippen LogP contribution in [0.3, 0.4) is 0 Å². The van der Waals surface area contributed by atoms with E-state index in [1.807, 2.05) is 64.1 Å². The van der Waals surface area contributed by atoms with E-state index in [1.165, 1.54) is 11.1 Å². The summed E-state index contributed by atoms with van der Waals surface area (Å²) >= 11 is 0. The lowest BCUT2D eigenvalue weighted by Gasteiger charge is -2.34. The van der Waals surface area contributed by atoms with Gasteiger partial charge in [-0.05, 0) is 35.4 Å². The molecule has 0 bridgehead atoms. The van der Waals surface area contributed by atoms with E-state index < -0.39 is 0 Å². The van der Waals surface area contributed by atoms with E-state index >= 15 is 0 Å². The third kappa shape index (κ3) is 6.11. The van der Waals surface area contributed by atoms with E-state index in [9.17, 15) is 0 Å². The number of aromatic nitrogens is 6. The molecule has 224 valence electrons. The summed E-state index contributed by atoms with van der Waals surface area (Å²) in [5.74, 6) is 0. The average molecular weight is 589 g/mol. The average Bonchev–Trinajstić information content (AvgIpc) is 3.72. The third-order valence-electron chi connectivity index (χ3n) is 8.11. The van der Waals surface area contributed by atoms with Crippen LogP contribution in [-0.4, -0.2) is 92.4 Å². The lowest BCUT2D eigenvalue weighted by atomic mass is 10.1. The second kappa shape index (κ2) is 13.4. The number of ether oxygens (including phenoxy) is 2. The highest BCUT2D eigenvalue weighted by molar-refractivity contribution is 5.74. The molecule has 2 saturated heterocycles. The van der Waals surface area contributed by atoms with Crippen molar-refractivity contribution in [2.75, 3.05) is 52.6 Å². The van der Waals surface area contributed by atoms with Gasteiger partial charge in [0.15, 0.2) is 0 Å². The van der Waals surface area contributed by atoms with Crippen molar-refractivity contribution in [2.45, 2.75) is 12.3 Å². The number of rotatable bonds is 6. The Labute approximate surface area is 256 Å². The summed E-state index contributed by atoms with van der Waals surface area (Å²) in [7, 11) is 0. The van der Waals surface area contributed by atoms with E-state index in [2.05, 4.69) is 84.9 Å². The van der Waals surface area contributed by atoms with Crippen molar-refractivity contribution < 1.29 is 9.47 Å². The molecule has 10 nitrogen and oxygen atoms in total. The van der Waals surface area contributed by atoms with Gasteiger partial charge in [0, 0.05) is 26.2 Å². The normalized spacial score (nSPS) is 17.6. The smallest absolute Gasteiger partial charge is 0.150 e. The van der Waals surface area contributed by atoms with Gasteiger partial charge in [-0.1, -0.05) is 90.1 Å². The number of morpholine rings is 2. The van der Waals surface area contributed by atoms with Crippen LogP contribution >= 0.6 is 0 Å². The van der Waals surface area contributed by atoms with Crippen molar-refractivity contribution in [1.29, 1.82) is 0 Å². The zero-order chi connectivity index (χ0) is 29.6. The van der Waals surface area contributed by atoms with E-state index in [1.54, 1.807) is 0 Å². The summed E-state index contributed by atoms with van der Waals surface area (Å²) in [4.78, 5) is 6.61. The van der Waals surface area contributed by atoms with Crippen LogP contribution in [0.1, 0.15) is 23.5 Å². The first-order valence-electron chi connectivity index (χ1n) is 15.2. The monoisotopic (exact) mass is 588 g/mol. The number of nitrogens with zero attached hydrogens (tertiary/aromatic N) is 8. The summed E-state index contributed by atoms with van der Waals surface area (Å²) < 4.78 is 13.0. The zero-order valence-electron chi connectivity index (χ0n) is 24.6. The Balaban J connectivity index is 0.000000142. The van der Waals surface area contributed by atoms with Crippen molar-refractivity contribution >= 4 is 22.1 Å². The lowest BCUT2D eigenvalue weighted by Crippen LogP contribution is -2.42. The van der Waals surface area contributed by atoms with E-state index in [4.69, 9.17) is 9.47 Å². The molecule has 2 unspecified atom stereocenters. The first-order valence-corrected chi connectivity index (χ1v) is 15.2. The number of fused-ring (bicyclic) bond motifs is 2. The van der Waals surface area contributed by atoms with Crippen LogP contribution in [-0.2, 0) is 9.47 Å². The molecule has 0 aliphatic carbocycles. The highest BCUT2D eigenvalue weighted by Gasteiger charge is 2.27. The molecule has 2 atom stereocenters. The minimum absolute atomic E-state index is 0.0116. The zero-order valence-corrected chi connectivity index (χ0v) is 24.6. The van der Waals surface area contributed by atoms with E-state index in [0.29, 0.717) is 0 Å². The minimum atomic E-state index is 0.0116. The molecular formula is C34H36N8O2. The van der Waals surface area contributed by atoms with Crippen molar-refractivity contribution in [1.82, 2.24) is 39.8 Å². The first kappa shape index (κ1) is 28.3. The van der Waals surface area contributed by atoms with Crippen LogP contribution < -0.4 is 0 Å². The fourth-order valence-corrected chi connectivity index (χ4v) is 5.94. The van der Waals surface area contributed by atoms with Crippen molar-refractivity contribution in [3.05, 3.63) is 120 Å². The topological polar surface area (TPSA) is 86.4 Å². The summed E-state index contributed by atoms with van der Waals surface area (Å²) in [5.41, 5.74) is 6.26. The molecule has 6 aromatic rings. The van der Waals surface area contributed by atoms with Crippen molar-refractivity contribution in [2.24, 2.45) is 0 Å². The molecule has 44 heavy (non-hydrogen) atoms. The molecule has 0 N–H and O–H groups in total. The summed E-state index contributed by atoms with van der Waals surface area (Å²) in [6.07, 6.45) is 0.0648. The number of hydrogen-bond acceptors (Lipinski definition) is 8. The van der Waals surface area contributed by atoms with Gasteiger partial charge in [0.1, 0.15) is 28.9 Å². The summed E-state index contributed by atoms with van der Waals surface area (Å²) in [6, 6.07) is 37.0. The molecule has 2 aliphatic rings. The maximum absolute atomic E-state index is 5.50. The Morgan fingerprint density at radius 2 is 0.955 bits per heavy atom. The Morgan fingerprint density at radius 1 is 0.500 bits per heavy atom. The molecule has 0 amide bonds. The fourth-order valence-electron chi connectivity index (χ4n) is 5.94. The third-order valence-corrected chi connectivity index (χ3v) is 8.11. The van der Waals surface area contributed by atoms with Crippen molar-refractivity contribution in [3.63, 3.8) is 0 Å². The van der Waals surface area contributed by atoms with Crippen molar-refractivity contribution in [3.8, 4) is 0 Å². The molecule has 2 aromatic heterocycles. The maximum Gasteiger partial charge on any atom is 0.150 e. The van der Waals surface area contributed by atoms with Crippen LogP contribution in [0.25, 0.3) is 22.1 Å². The lowest BCUT2D eigenvalue weighted by molar-refractivity contribution is 0.00326. The van der Waals surface area contributed by atoms with Crippen LogP contribution in [0.15, 0.2) is 109 Å². The molecule has 0 radical (unpaired) electrons. The standard InChI is InChI=1S/2C17H18N4O/c1-2-6-14(7-3-1)17(20-10-12-22-13-11-20)21-16-9-5-4-8-15(16)18-19-21;1-2-6-14(7-3-1)17(20-10-12-22-13-11-20)21-18-15-8-4-5-9-16(15)19-21/h2*1-9,17H,10-13H2.